The van der Waals surface area contributed by atoms with Crippen molar-refractivity contribution >= 4 is 17.2 Å². The minimum absolute atomic E-state index is 0.0823. The molecular formula is C12H14N4O2S. The van der Waals surface area contributed by atoms with Gasteiger partial charge < -0.3 is 10.4 Å². The second kappa shape index (κ2) is 6.35. The molecule has 0 spiro atoms. The van der Waals surface area contributed by atoms with E-state index in [0.717, 1.165) is 0 Å². The van der Waals surface area contributed by atoms with E-state index in [0.29, 0.717) is 22.9 Å². The molecule has 1 atom stereocenters. The van der Waals surface area contributed by atoms with Crippen LogP contribution in [0.5, 0.6) is 0 Å². The van der Waals surface area contributed by atoms with Crippen LogP contribution in [0, 0.1) is 0 Å². The lowest BCUT2D eigenvalue weighted by Crippen LogP contribution is -2.37. The van der Waals surface area contributed by atoms with Crippen LogP contribution < -0.4 is 5.32 Å². The standard InChI is InChI=1S/C12H14N4O2S/c1-2-8(6-17)15-11(18)9-7-19-12(16-9)10-13-4-3-5-14-10/h3-5,7-8,17H,2,6H2,1H3,(H,15,18). The van der Waals surface area contributed by atoms with Crippen LogP contribution in [0.3, 0.4) is 0 Å². The Morgan fingerprint density at radius 1 is 1.47 bits per heavy atom. The molecule has 0 aromatic carbocycles. The Bertz CT molecular complexity index is 540. The molecule has 0 aliphatic rings. The second-order valence-electron chi connectivity index (χ2n) is 3.87. The van der Waals surface area contributed by atoms with Crippen LogP contribution >= 0.6 is 11.3 Å². The Morgan fingerprint density at radius 3 is 2.84 bits per heavy atom. The molecule has 0 aliphatic carbocycles. The van der Waals surface area contributed by atoms with Crippen LogP contribution in [0.4, 0.5) is 0 Å². The van der Waals surface area contributed by atoms with E-state index in [2.05, 4.69) is 20.3 Å². The van der Waals surface area contributed by atoms with Gasteiger partial charge in [0.25, 0.3) is 5.91 Å². The van der Waals surface area contributed by atoms with Crippen molar-refractivity contribution in [2.75, 3.05) is 6.61 Å². The number of nitrogens with zero attached hydrogens (tertiary/aromatic N) is 3. The lowest BCUT2D eigenvalue weighted by Gasteiger charge is -2.12. The molecule has 0 radical (unpaired) electrons. The van der Waals surface area contributed by atoms with Gasteiger partial charge in [-0.3, -0.25) is 4.79 Å². The predicted molar refractivity (Wildman–Crippen MR) is 71.8 cm³/mol. The van der Waals surface area contributed by atoms with E-state index in [9.17, 15) is 4.79 Å². The number of aliphatic hydroxyl groups is 1. The Balaban J connectivity index is 2.11. The molecule has 19 heavy (non-hydrogen) atoms. The summed E-state index contributed by atoms with van der Waals surface area (Å²) in [6.45, 7) is 1.81. The van der Waals surface area contributed by atoms with Crippen molar-refractivity contribution in [2.24, 2.45) is 0 Å². The van der Waals surface area contributed by atoms with Crippen LogP contribution in [0.15, 0.2) is 23.8 Å². The number of aliphatic hydroxyl groups excluding tert-OH is 1. The summed E-state index contributed by atoms with van der Waals surface area (Å²) in [5, 5.41) is 14.0. The number of hydrogen-bond donors (Lipinski definition) is 2. The molecule has 7 heteroatoms. The monoisotopic (exact) mass is 278 g/mol. The first-order valence-corrected chi connectivity index (χ1v) is 6.77. The smallest absolute Gasteiger partial charge is 0.271 e. The number of hydrogen-bond acceptors (Lipinski definition) is 6. The van der Waals surface area contributed by atoms with Crippen molar-refractivity contribution in [3.8, 4) is 10.8 Å². The summed E-state index contributed by atoms with van der Waals surface area (Å²) in [4.78, 5) is 24.3. The van der Waals surface area contributed by atoms with E-state index >= 15 is 0 Å². The fourth-order valence-corrected chi connectivity index (χ4v) is 2.17. The third-order valence-electron chi connectivity index (χ3n) is 2.54. The Labute approximate surface area is 114 Å². The highest BCUT2D eigenvalue weighted by Gasteiger charge is 2.15. The number of carbonyl (C=O) groups is 1. The average Bonchev–Trinajstić information content (AvgIpc) is 2.95. The average molecular weight is 278 g/mol. The summed E-state index contributed by atoms with van der Waals surface area (Å²) < 4.78 is 0. The van der Waals surface area contributed by atoms with Crippen molar-refractivity contribution in [2.45, 2.75) is 19.4 Å². The summed E-state index contributed by atoms with van der Waals surface area (Å²) in [5.74, 6) is 0.208. The maximum atomic E-state index is 11.9. The maximum absolute atomic E-state index is 11.9. The van der Waals surface area contributed by atoms with Gasteiger partial charge in [0.2, 0.25) is 0 Å². The molecule has 0 saturated carbocycles. The normalized spacial score (nSPS) is 12.1. The fourth-order valence-electron chi connectivity index (χ4n) is 1.43. The van der Waals surface area contributed by atoms with Gasteiger partial charge in [0.15, 0.2) is 10.8 Å². The van der Waals surface area contributed by atoms with Gasteiger partial charge in [-0.05, 0) is 12.5 Å². The lowest BCUT2D eigenvalue weighted by atomic mass is 10.2. The molecule has 6 nitrogen and oxygen atoms in total. The molecule has 0 aliphatic heterocycles. The first kappa shape index (κ1) is 13.6. The first-order valence-electron chi connectivity index (χ1n) is 5.89. The molecule has 2 N–H and O–H groups in total. The molecule has 0 bridgehead atoms. The number of nitrogens with one attached hydrogen (secondary N) is 1. The van der Waals surface area contributed by atoms with E-state index in [4.69, 9.17) is 5.11 Å². The Morgan fingerprint density at radius 2 is 2.21 bits per heavy atom. The minimum Gasteiger partial charge on any atom is -0.394 e. The van der Waals surface area contributed by atoms with Gasteiger partial charge in [0, 0.05) is 17.8 Å². The highest BCUT2D eigenvalue weighted by molar-refractivity contribution is 7.13. The topological polar surface area (TPSA) is 88.0 Å². The SMILES string of the molecule is CCC(CO)NC(=O)c1csc(-c2ncccn2)n1. The zero-order valence-corrected chi connectivity index (χ0v) is 11.2. The summed E-state index contributed by atoms with van der Waals surface area (Å²) in [7, 11) is 0. The van der Waals surface area contributed by atoms with Gasteiger partial charge in [-0.15, -0.1) is 11.3 Å². The van der Waals surface area contributed by atoms with Crippen molar-refractivity contribution < 1.29 is 9.90 Å². The van der Waals surface area contributed by atoms with E-state index < -0.39 is 0 Å². The number of aromatic nitrogens is 3. The number of amides is 1. The van der Waals surface area contributed by atoms with Gasteiger partial charge in [0.1, 0.15) is 5.69 Å². The van der Waals surface area contributed by atoms with Gasteiger partial charge in [0.05, 0.1) is 12.6 Å². The molecule has 1 amide bonds. The van der Waals surface area contributed by atoms with Gasteiger partial charge in [-0.2, -0.15) is 0 Å². The summed E-state index contributed by atoms with van der Waals surface area (Å²) in [6.07, 6.45) is 3.92. The van der Waals surface area contributed by atoms with E-state index in [1.165, 1.54) is 11.3 Å². The van der Waals surface area contributed by atoms with Crippen LogP contribution in [0.25, 0.3) is 10.8 Å². The number of rotatable bonds is 5. The Kier molecular flexibility index (Phi) is 4.53. The molecule has 100 valence electrons. The van der Waals surface area contributed by atoms with Crippen LogP contribution in [-0.2, 0) is 0 Å². The van der Waals surface area contributed by atoms with Gasteiger partial charge in [-0.25, -0.2) is 15.0 Å². The molecule has 0 fully saturated rings. The van der Waals surface area contributed by atoms with Crippen LogP contribution in [0.1, 0.15) is 23.8 Å². The molecule has 2 aromatic rings. The molecular weight excluding hydrogens is 264 g/mol. The van der Waals surface area contributed by atoms with E-state index in [1.54, 1.807) is 23.8 Å². The van der Waals surface area contributed by atoms with Crippen LogP contribution in [-0.4, -0.2) is 38.6 Å². The van der Waals surface area contributed by atoms with Gasteiger partial charge in [-0.1, -0.05) is 6.92 Å². The highest BCUT2D eigenvalue weighted by atomic mass is 32.1. The fraction of sp³-hybridized carbons (Fsp3) is 0.333. The number of carbonyl (C=O) groups excluding carboxylic acids is 1. The second-order valence-corrected chi connectivity index (χ2v) is 4.73. The minimum atomic E-state index is -0.292. The van der Waals surface area contributed by atoms with Gasteiger partial charge >= 0.3 is 0 Å². The Hall–Kier alpha value is -1.86. The number of thiazole rings is 1. The van der Waals surface area contributed by atoms with E-state index in [1.807, 2.05) is 6.92 Å². The molecule has 0 saturated heterocycles. The predicted octanol–water partition coefficient (Wildman–Crippen LogP) is 1.10. The summed E-state index contributed by atoms with van der Waals surface area (Å²) >= 11 is 1.31. The lowest BCUT2D eigenvalue weighted by molar-refractivity contribution is 0.0910. The zero-order chi connectivity index (χ0) is 13.7. The van der Waals surface area contributed by atoms with Crippen molar-refractivity contribution in [3.05, 3.63) is 29.5 Å². The third-order valence-corrected chi connectivity index (χ3v) is 3.38. The summed E-state index contributed by atoms with van der Waals surface area (Å²) in [5.41, 5.74) is 0.319. The van der Waals surface area contributed by atoms with Crippen molar-refractivity contribution in [1.29, 1.82) is 0 Å². The third kappa shape index (κ3) is 3.33. The highest BCUT2D eigenvalue weighted by Crippen LogP contribution is 2.19. The van der Waals surface area contributed by atoms with Crippen molar-refractivity contribution in [3.63, 3.8) is 0 Å². The quantitative estimate of drug-likeness (QED) is 0.855. The zero-order valence-electron chi connectivity index (χ0n) is 10.4. The largest absolute Gasteiger partial charge is 0.394 e. The first-order chi connectivity index (χ1) is 9.24. The molecule has 1 unspecified atom stereocenters. The van der Waals surface area contributed by atoms with Crippen molar-refractivity contribution in [1.82, 2.24) is 20.3 Å². The maximum Gasteiger partial charge on any atom is 0.271 e. The molecule has 2 rings (SSSR count). The molecule has 2 aromatic heterocycles. The van der Waals surface area contributed by atoms with E-state index in [-0.39, 0.29) is 18.6 Å². The molecule has 2 heterocycles. The van der Waals surface area contributed by atoms with Crippen LogP contribution in [0.2, 0.25) is 0 Å². The summed E-state index contributed by atoms with van der Waals surface area (Å²) in [6, 6.07) is 1.48.